The first-order valence-corrected chi connectivity index (χ1v) is 14.6. The zero-order chi connectivity index (χ0) is 31.2. The second-order valence-corrected chi connectivity index (χ2v) is 10.6. The lowest BCUT2D eigenvalue weighted by atomic mass is 10.0. The van der Waals surface area contributed by atoms with Gasteiger partial charge in [0, 0.05) is 31.7 Å². The third kappa shape index (κ3) is 6.76. The highest BCUT2D eigenvalue weighted by molar-refractivity contribution is 5.93. The summed E-state index contributed by atoms with van der Waals surface area (Å²) in [5.41, 5.74) is 6.92. The summed E-state index contributed by atoms with van der Waals surface area (Å²) in [6.07, 6.45) is 0.261. The normalized spacial score (nSPS) is 11.1. The van der Waals surface area contributed by atoms with Gasteiger partial charge in [-0.2, -0.15) is 0 Å². The maximum Gasteiger partial charge on any atom is 0.337 e. The molecule has 0 aliphatic heterocycles. The fourth-order valence-corrected chi connectivity index (χ4v) is 5.29. The molecule has 226 valence electrons. The van der Waals surface area contributed by atoms with Crippen LogP contribution in [0.2, 0.25) is 0 Å². The van der Waals surface area contributed by atoms with E-state index in [0.717, 1.165) is 22.2 Å². The molecule has 0 saturated heterocycles. The molecule has 45 heavy (non-hydrogen) atoms. The topological polar surface area (TPSA) is 75.5 Å². The Morgan fingerprint density at radius 1 is 0.800 bits per heavy atom. The van der Waals surface area contributed by atoms with Crippen LogP contribution >= 0.6 is 0 Å². The van der Waals surface area contributed by atoms with Gasteiger partial charge in [-0.3, -0.25) is 0 Å². The van der Waals surface area contributed by atoms with Crippen molar-refractivity contribution in [2.45, 2.75) is 19.6 Å². The summed E-state index contributed by atoms with van der Waals surface area (Å²) in [5.74, 6) is 0.333. The van der Waals surface area contributed by atoms with Crippen molar-refractivity contribution >= 4 is 17.0 Å². The van der Waals surface area contributed by atoms with E-state index in [-0.39, 0.29) is 12.2 Å². The van der Waals surface area contributed by atoms with E-state index in [4.69, 9.17) is 19.2 Å². The third-order valence-electron chi connectivity index (χ3n) is 7.61. The molecule has 2 heterocycles. The average Bonchev–Trinajstić information content (AvgIpc) is 3.43. The van der Waals surface area contributed by atoms with Gasteiger partial charge < -0.3 is 18.8 Å². The van der Waals surface area contributed by atoms with Crippen molar-refractivity contribution in [2.24, 2.45) is 0 Å². The molecule has 0 atom stereocenters. The minimum Gasteiger partial charge on any atom is -0.473 e. The summed E-state index contributed by atoms with van der Waals surface area (Å²) in [6.45, 7) is 1.29. The first-order valence-electron chi connectivity index (χ1n) is 14.6. The van der Waals surface area contributed by atoms with Gasteiger partial charge in [-0.1, -0.05) is 66.7 Å². The molecule has 6 rings (SSSR count). The Bertz CT molecular complexity index is 1960. The summed E-state index contributed by atoms with van der Waals surface area (Å²) >= 11 is 0. The number of pyridine rings is 1. The zero-order valence-corrected chi connectivity index (χ0v) is 25.1. The molecule has 4 aromatic carbocycles. The molecule has 0 fully saturated rings. The van der Waals surface area contributed by atoms with Gasteiger partial charge in [0.25, 0.3) is 0 Å². The number of esters is 1. The van der Waals surface area contributed by atoms with Crippen molar-refractivity contribution < 1.29 is 23.4 Å². The van der Waals surface area contributed by atoms with E-state index in [0.29, 0.717) is 59.4 Å². The van der Waals surface area contributed by atoms with Gasteiger partial charge in [-0.15, -0.1) is 0 Å². The highest BCUT2D eigenvalue weighted by Crippen LogP contribution is 2.26. The third-order valence-corrected chi connectivity index (χ3v) is 7.61. The highest BCUT2D eigenvalue weighted by atomic mass is 19.1. The number of nitrogens with zero attached hydrogens (tertiary/aromatic N) is 3. The molecular formula is C37H32FN3O4. The second kappa shape index (κ2) is 13.5. The minimum atomic E-state index is -0.431. The van der Waals surface area contributed by atoms with Crippen molar-refractivity contribution in [1.82, 2.24) is 14.5 Å². The SMILES string of the molecule is COCCn1c(Cc2ccc(-c3cccc(OCc4cccc(-c5ccccc5)c4)n3)cc2F)nc2ccc(C(=O)OC)cc21. The van der Waals surface area contributed by atoms with Crippen molar-refractivity contribution in [3.05, 3.63) is 138 Å². The van der Waals surface area contributed by atoms with E-state index in [2.05, 4.69) is 29.2 Å². The van der Waals surface area contributed by atoms with Crippen LogP contribution in [0.4, 0.5) is 4.39 Å². The van der Waals surface area contributed by atoms with Crippen LogP contribution in [-0.4, -0.2) is 41.3 Å². The summed E-state index contributed by atoms with van der Waals surface area (Å²) in [7, 11) is 2.96. The quantitative estimate of drug-likeness (QED) is 0.143. The van der Waals surface area contributed by atoms with Gasteiger partial charge in [-0.25, -0.2) is 19.2 Å². The maximum absolute atomic E-state index is 15.5. The van der Waals surface area contributed by atoms with Crippen LogP contribution in [0.3, 0.4) is 0 Å². The maximum atomic E-state index is 15.5. The molecule has 0 bridgehead atoms. The van der Waals surface area contributed by atoms with Gasteiger partial charge >= 0.3 is 5.97 Å². The monoisotopic (exact) mass is 601 g/mol. The van der Waals surface area contributed by atoms with Crippen LogP contribution in [0.1, 0.15) is 27.3 Å². The molecule has 8 heteroatoms. The lowest BCUT2D eigenvalue weighted by Crippen LogP contribution is -2.10. The number of aromatic nitrogens is 3. The molecule has 2 aromatic heterocycles. The van der Waals surface area contributed by atoms with Crippen LogP contribution in [0.25, 0.3) is 33.4 Å². The van der Waals surface area contributed by atoms with Crippen molar-refractivity contribution in [2.75, 3.05) is 20.8 Å². The summed E-state index contributed by atoms with van der Waals surface area (Å²) in [6, 6.07) is 34.2. The summed E-state index contributed by atoms with van der Waals surface area (Å²) in [5, 5.41) is 0. The van der Waals surface area contributed by atoms with Crippen LogP contribution in [0.15, 0.2) is 109 Å². The molecule has 0 N–H and O–H groups in total. The predicted molar refractivity (Wildman–Crippen MR) is 172 cm³/mol. The summed E-state index contributed by atoms with van der Waals surface area (Å²) < 4.78 is 33.7. The van der Waals surface area contributed by atoms with Crippen molar-refractivity contribution in [3.8, 4) is 28.3 Å². The minimum absolute atomic E-state index is 0.261. The van der Waals surface area contributed by atoms with E-state index in [9.17, 15) is 4.79 Å². The van der Waals surface area contributed by atoms with Crippen LogP contribution in [0, 0.1) is 5.82 Å². The van der Waals surface area contributed by atoms with E-state index in [1.165, 1.54) is 13.2 Å². The Morgan fingerprint density at radius 3 is 2.42 bits per heavy atom. The Morgan fingerprint density at radius 2 is 1.62 bits per heavy atom. The number of halogens is 1. The standard InChI is InChI=1S/C37H32FN3O4/c1-43-19-18-41-34-22-30(37(42)44-2)16-17-33(34)39-35(41)23-28-14-15-29(21-31(28)38)32-12-7-13-36(40-32)45-24-25-8-6-11-27(20-25)26-9-4-3-5-10-26/h3-17,20-22H,18-19,23-24H2,1-2H3. The van der Waals surface area contributed by atoms with Gasteiger partial charge in [0.15, 0.2) is 0 Å². The number of rotatable bonds is 11. The van der Waals surface area contributed by atoms with Crippen molar-refractivity contribution in [3.63, 3.8) is 0 Å². The fraction of sp³-hybridized carbons (Fsp3) is 0.162. The van der Waals surface area contributed by atoms with E-state index in [1.807, 2.05) is 53.1 Å². The largest absolute Gasteiger partial charge is 0.473 e. The van der Waals surface area contributed by atoms with E-state index in [1.54, 1.807) is 37.4 Å². The molecule has 6 aromatic rings. The Hall–Kier alpha value is -5.34. The number of methoxy groups -OCH3 is 2. The number of carbonyl (C=O) groups is 1. The van der Waals surface area contributed by atoms with Crippen LogP contribution < -0.4 is 4.74 Å². The Kier molecular flexibility index (Phi) is 8.94. The van der Waals surface area contributed by atoms with Gasteiger partial charge in [0.1, 0.15) is 18.2 Å². The molecule has 0 saturated carbocycles. The first-order chi connectivity index (χ1) is 22.0. The van der Waals surface area contributed by atoms with Crippen LogP contribution in [-0.2, 0) is 29.0 Å². The molecule has 0 spiro atoms. The number of imidazole rings is 1. The molecule has 0 aliphatic rings. The smallest absolute Gasteiger partial charge is 0.337 e. The number of benzene rings is 4. The molecule has 0 amide bonds. The molecule has 0 radical (unpaired) electrons. The number of hydrogen-bond donors (Lipinski definition) is 0. The lowest BCUT2D eigenvalue weighted by molar-refractivity contribution is 0.0601. The summed E-state index contributed by atoms with van der Waals surface area (Å²) in [4.78, 5) is 21.5. The zero-order valence-electron chi connectivity index (χ0n) is 25.1. The van der Waals surface area contributed by atoms with E-state index < -0.39 is 5.97 Å². The molecule has 7 nitrogen and oxygen atoms in total. The predicted octanol–water partition coefficient (Wildman–Crippen LogP) is 7.51. The Labute approximate surface area is 260 Å². The van der Waals surface area contributed by atoms with Gasteiger partial charge in [-0.05, 0) is 58.7 Å². The van der Waals surface area contributed by atoms with Gasteiger partial charge in [0.2, 0.25) is 5.88 Å². The van der Waals surface area contributed by atoms with Crippen molar-refractivity contribution in [1.29, 1.82) is 0 Å². The first kappa shape index (κ1) is 29.7. The molecular weight excluding hydrogens is 569 g/mol. The Balaban J connectivity index is 1.19. The lowest BCUT2D eigenvalue weighted by Gasteiger charge is -2.11. The number of ether oxygens (including phenoxy) is 3. The fourth-order valence-electron chi connectivity index (χ4n) is 5.29. The number of hydrogen-bond acceptors (Lipinski definition) is 6. The second-order valence-electron chi connectivity index (χ2n) is 10.6. The van der Waals surface area contributed by atoms with E-state index >= 15 is 4.39 Å². The number of fused-ring (bicyclic) bond motifs is 1. The average molecular weight is 602 g/mol. The van der Waals surface area contributed by atoms with Crippen LogP contribution in [0.5, 0.6) is 5.88 Å². The highest BCUT2D eigenvalue weighted by Gasteiger charge is 2.17. The number of carbonyl (C=O) groups excluding carboxylic acids is 1. The molecule has 0 aliphatic carbocycles. The van der Waals surface area contributed by atoms with Gasteiger partial charge in [0.05, 0.1) is 36.0 Å². The molecule has 0 unspecified atom stereocenters.